The van der Waals surface area contributed by atoms with Crippen LogP contribution in [0.1, 0.15) is 33.1 Å². The van der Waals surface area contributed by atoms with Crippen molar-refractivity contribution in [2.24, 2.45) is 5.73 Å². The molecule has 0 saturated carbocycles. The highest BCUT2D eigenvalue weighted by molar-refractivity contribution is 8.13. The first-order valence-electron chi connectivity index (χ1n) is 9.48. The number of carbonyl (C=O) groups excluding carboxylic acids is 3. The van der Waals surface area contributed by atoms with E-state index in [4.69, 9.17) is 5.73 Å². The predicted molar refractivity (Wildman–Crippen MR) is 127 cm³/mol. The molecular formula is C19H39N5O3S2. The molecule has 0 aromatic carbocycles. The summed E-state index contributed by atoms with van der Waals surface area (Å²) in [5, 5.41) is 5.48. The normalized spacial score (nSPS) is 9.24. The standard InChI is InChI=1S/C6H11NO2S.C6H13NO.C4H6N2S.C3H9N/c7-6(9)10-5-3-1-2-4-8;1-3-7(4-2)5-6-8;1-5-4-6-2-3-7-4;1-4(2)3/h4H,1-3,5H2,(H2,7,9);6H,3-5H2,1-2H3;2-3H,1H3,(H,5,6);1-3H3. The van der Waals surface area contributed by atoms with Gasteiger partial charge in [-0.3, -0.25) is 9.69 Å². The number of nitrogens with zero attached hydrogens (tertiary/aromatic N) is 3. The van der Waals surface area contributed by atoms with E-state index >= 15 is 0 Å². The molecule has 3 N–H and O–H groups in total. The maximum atomic E-state index is 10.1. The third-order valence-corrected chi connectivity index (χ3v) is 4.40. The third kappa shape index (κ3) is 34.4. The van der Waals surface area contributed by atoms with E-state index in [2.05, 4.69) is 15.2 Å². The van der Waals surface area contributed by atoms with E-state index in [-0.39, 0.29) is 5.24 Å². The number of rotatable bonds is 10. The Bertz CT molecular complexity index is 468. The van der Waals surface area contributed by atoms with Crippen LogP contribution in [0.5, 0.6) is 0 Å². The van der Waals surface area contributed by atoms with Gasteiger partial charge in [-0.25, -0.2) is 4.98 Å². The van der Waals surface area contributed by atoms with Gasteiger partial charge in [0.1, 0.15) is 12.6 Å². The lowest BCUT2D eigenvalue weighted by atomic mass is 10.3. The number of aldehydes is 2. The Morgan fingerprint density at radius 1 is 1.21 bits per heavy atom. The Balaban J connectivity index is -0.000000324. The van der Waals surface area contributed by atoms with Gasteiger partial charge in [-0.2, -0.15) is 0 Å². The quantitative estimate of drug-likeness (QED) is 0.414. The average Bonchev–Trinajstić information content (AvgIpc) is 3.20. The summed E-state index contributed by atoms with van der Waals surface area (Å²) in [5.74, 6) is 0.725. The number of aromatic nitrogens is 1. The molecule has 0 fully saturated rings. The van der Waals surface area contributed by atoms with Gasteiger partial charge in [0.2, 0.25) is 0 Å². The minimum Gasteiger partial charge on any atom is -0.365 e. The molecule has 1 rings (SSSR count). The highest BCUT2D eigenvalue weighted by Gasteiger charge is 1.94. The highest BCUT2D eigenvalue weighted by Crippen LogP contribution is 2.07. The van der Waals surface area contributed by atoms with Gasteiger partial charge in [0.25, 0.3) is 5.24 Å². The number of hydrogen-bond acceptors (Lipinski definition) is 9. The summed E-state index contributed by atoms with van der Waals surface area (Å²) in [6.07, 6.45) is 5.91. The van der Waals surface area contributed by atoms with Gasteiger partial charge in [-0.1, -0.05) is 25.6 Å². The van der Waals surface area contributed by atoms with Crippen LogP contribution in [0.4, 0.5) is 9.93 Å². The lowest BCUT2D eigenvalue weighted by molar-refractivity contribution is -0.109. The number of nitrogens with two attached hydrogens (primary N) is 1. The first-order valence-corrected chi connectivity index (χ1v) is 11.3. The minimum atomic E-state index is -0.342. The zero-order valence-corrected chi connectivity index (χ0v) is 20.4. The van der Waals surface area contributed by atoms with E-state index in [0.717, 1.165) is 61.1 Å². The summed E-state index contributed by atoms with van der Waals surface area (Å²) in [7, 11) is 7.86. The number of amides is 1. The van der Waals surface area contributed by atoms with Crippen molar-refractivity contribution in [2.45, 2.75) is 33.1 Å². The zero-order valence-electron chi connectivity index (χ0n) is 18.7. The molecule has 170 valence electrons. The molecule has 0 aliphatic rings. The Hall–Kier alpha value is -1.49. The van der Waals surface area contributed by atoms with Crippen molar-refractivity contribution in [3.63, 3.8) is 0 Å². The summed E-state index contributed by atoms with van der Waals surface area (Å²) in [6.45, 7) is 6.61. The fraction of sp³-hybridized carbons (Fsp3) is 0.684. The summed E-state index contributed by atoms with van der Waals surface area (Å²) < 4.78 is 0. The van der Waals surface area contributed by atoms with Crippen molar-refractivity contribution in [3.8, 4) is 0 Å². The molecule has 0 atom stereocenters. The number of unbranched alkanes of at least 4 members (excludes halogenated alkanes) is 2. The van der Waals surface area contributed by atoms with Crippen molar-refractivity contribution in [3.05, 3.63) is 11.6 Å². The Labute approximate surface area is 184 Å². The summed E-state index contributed by atoms with van der Waals surface area (Å²) >= 11 is 2.71. The number of nitrogens with one attached hydrogen (secondary N) is 1. The van der Waals surface area contributed by atoms with E-state index in [0.29, 0.717) is 13.0 Å². The number of anilines is 1. The number of primary amides is 1. The second kappa shape index (κ2) is 26.5. The number of carbonyl (C=O) groups is 3. The molecule has 8 nitrogen and oxygen atoms in total. The van der Waals surface area contributed by atoms with Crippen molar-refractivity contribution >= 4 is 46.0 Å². The van der Waals surface area contributed by atoms with Gasteiger partial charge >= 0.3 is 0 Å². The van der Waals surface area contributed by atoms with E-state index < -0.39 is 0 Å². The van der Waals surface area contributed by atoms with Gasteiger partial charge in [0.15, 0.2) is 5.13 Å². The lowest BCUT2D eigenvalue weighted by Gasteiger charge is -2.12. The van der Waals surface area contributed by atoms with Gasteiger partial charge in [-0.05, 0) is 47.1 Å². The molecule has 0 radical (unpaired) electrons. The molecule has 1 aromatic heterocycles. The monoisotopic (exact) mass is 449 g/mol. The second-order valence-corrected chi connectivity index (χ2v) is 7.91. The largest absolute Gasteiger partial charge is 0.365 e. The van der Waals surface area contributed by atoms with Gasteiger partial charge in [0.05, 0.1) is 6.54 Å². The van der Waals surface area contributed by atoms with Crippen LogP contribution in [0.2, 0.25) is 0 Å². The average molecular weight is 450 g/mol. The molecular weight excluding hydrogens is 410 g/mol. The van der Waals surface area contributed by atoms with E-state index in [9.17, 15) is 14.4 Å². The molecule has 0 unspecified atom stereocenters. The Kier molecular flexibility index (Phi) is 29.4. The highest BCUT2D eigenvalue weighted by atomic mass is 32.2. The molecule has 10 heteroatoms. The molecule has 0 saturated heterocycles. The summed E-state index contributed by atoms with van der Waals surface area (Å²) in [4.78, 5) is 37.8. The van der Waals surface area contributed by atoms with Crippen LogP contribution in [0.3, 0.4) is 0 Å². The molecule has 0 bridgehead atoms. The molecule has 1 aromatic rings. The first-order chi connectivity index (χ1) is 13.8. The fourth-order valence-corrected chi connectivity index (χ4v) is 2.48. The van der Waals surface area contributed by atoms with Crippen molar-refractivity contribution in [1.82, 2.24) is 14.8 Å². The maximum Gasteiger partial charge on any atom is 0.276 e. The molecule has 0 aliphatic heterocycles. The number of thiazole rings is 1. The van der Waals surface area contributed by atoms with Crippen molar-refractivity contribution in [2.75, 3.05) is 58.9 Å². The van der Waals surface area contributed by atoms with Crippen LogP contribution in [0.15, 0.2) is 11.6 Å². The number of likely N-dealkylation sites (N-methyl/N-ethyl adjacent to an activating group) is 1. The van der Waals surface area contributed by atoms with E-state index in [1.54, 1.807) is 17.5 Å². The lowest BCUT2D eigenvalue weighted by Crippen LogP contribution is -2.24. The van der Waals surface area contributed by atoms with E-state index in [1.165, 1.54) is 0 Å². The second-order valence-electron chi connectivity index (χ2n) is 5.91. The van der Waals surface area contributed by atoms with Gasteiger partial charge in [0, 0.05) is 30.8 Å². The number of thioether (sulfide) groups is 1. The van der Waals surface area contributed by atoms with Crippen LogP contribution in [0.25, 0.3) is 0 Å². The van der Waals surface area contributed by atoms with Crippen LogP contribution >= 0.6 is 23.1 Å². The molecule has 29 heavy (non-hydrogen) atoms. The summed E-state index contributed by atoms with van der Waals surface area (Å²) in [5.41, 5.74) is 4.86. The minimum absolute atomic E-state index is 0.342. The summed E-state index contributed by atoms with van der Waals surface area (Å²) in [6, 6.07) is 0. The first kappa shape index (κ1) is 32.2. The SMILES string of the molecule is CCN(CC)CC=O.CN(C)C.CNc1nccs1.NC(=O)SCCCCC=O. The maximum absolute atomic E-state index is 10.1. The van der Waals surface area contributed by atoms with Crippen LogP contribution in [-0.2, 0) is 9.59 Å². The molecule has 1 amide bonds. The third-order valence-electron chi connectivity index (χ3n) is 2.83. The van der Waals surface area contributed by atoms with E-state index in [1.807, 2.05) is 52.3 Å². The molecule has 0 spiro atoms. The Morgan fingerprint density at radius 3 is 2.07 bits per heavy atom. The zero-order chi connectivity index (χ0) is 22.9. The topological polar surface area (TPSA) is 109 Å². The van der Waals surface area contributed by atoms with Crippen molar-refractivity contribution in [1.29, 1.82) is 0 Å². The van der Waals surface area contributed by atoms with Crippen LogP contribution in [-0.4, -0.2) is 86.2 Å². The van der Waals surface area contributed by atoms with Gasteiger partial charge in [-0.15, -0.1) is 11.3 Å². The van der Waals surface area contributed by atoms with Crippen LogP contribution < -0.4 is 11.1 Å². The molecule has 0 aliphatic carbocycles. The van der Waals surface area contributed by atoms with Crippen molar-refractivity contribution < 1.29 is 14.4 Å². The molecule has 1 heterocycles. The number of hydrogen-bond donors (Lipinski definition) is 2. The smallest absolute Gasteiger partial charge is 0.276 e. The predicted octanol–water partition coefficient (Wildman–Crippen LogP) is 3.06. The van der Waals surface area contributed by atoms with Crippen LogP contribution in [0, 0.1) is 0 Å². The fourth-order valence-electron chi connectivity index (χ4n) is 1.44. The Morgan fingerprint density at radius 2 is 1.79 bits per heavy atom. The van der Waals surface area contributed by atoms with Gasteiger partial charge < -0.3 is 25.5 Å².